The van der Waals surface area contributed by atoms with Gasteiger partial charge in [0.15, 0.2) is 6.10 Å². The average molecular weight is 252 g/mol. The summed E-state index contributed by atoms with van der Waals surface area (Å²) in [7, 11) is 0. The second-order valence-corrected chi connectivity index (χ2v) is 4.87. The molecule has 2 aromatic carbocycles. The van der Waals surface area contributed by atoms with Gasteiger partial charge in [0.25, 0.3) is 0 Å². The molecule has 0 bridgehead atoms. The molecule has 0 fully saturated rings. The van der Waals surface area contributed by atoms with Crippen LogP contribution in [-0.4, -0.2) is 5.71 Å². The van der Waals surface area contributed by atoms with Gasteiger partial charge in [-0.25, -0.2) is 0 Å². The van der Waals surface area contributed by atoms with Crippen molar-refractivity contribution in [3.63, 3.8) is 0 Å². The van der Waals surface area contributed by atoms with Crippen LogP contribution in [0, 0.1) is 6.92 Å². The van der Waals surface area contributed by atoms with E-state index < -0.39 is 0 Å². The minimum absolute atomic E-state index is 0.0214. The molecular weight excluding hydrogens is 236 g/mol. The van der Waals surface area contributed by atoms with Gasteiger partial charge < -0.3 is 10.6 Å². The normalized spacial score (nSPS) is 17.9. The highest BCUT2D eigenvalue weighted by Gasteiger charge is 2.23. The number of benzene rings is 2. The largest absolute Gasteiger partial charge is 0.399 e. The molecule has 0 aliphatic carbocycles. The van der Waals surface area contributed by atoms with E-state index in [4.69, 9.17) is 10.6 Å². The van der Waals surface area contributed by atoms with Gasteiger partial charge in [0, 0.05) is 12.1 Å². The van der Waals surface area contributed by atoms with E-state index >= 15 is 0 Å². The second kappa shape index (κ2) is 4.76. The van der Waals surface area contributed by atoms with Crippen molar-refractivity contribution in [3.8, 4) is 0 Å². The summed E-state index contributed by atoms with van der Waals surface area (Å²) < 4.78 is 0. The number of hydrogen-bond donors (Lipinski definition) is 1. The van der Waals surface area contributed by atoms with Gasteiger partial charge in [-0.2, -0.15) is 0 Å². The molecule has 2 aromatic rings. The van der Waals surface area contributed by atoms with E-state index in [0.717, 1.165) is 23.4 Å². The lowest BCUT2D eigenvalue weighted by molar-refractivity contribution is 0.0857. The maximum Gasteiger partial charge on any atom is 0.158 e. The Bertz CT molecular complexity index is 600. The van der Waals surface area contributed by atoms with Crippen LogP contribution in [0.5, 0.6) is 0 Å². The van der Waals surface area contributed by atoms with Gasteiger partial charge in [0.05, 0.1) is 5.71 Å². The fraction of sp³-hybridized carbons (Fsp3) is 0.188. The maximum absolute atomic E-state index is 5.69. The Morgan fingerprint density at radius 3 is 2.42 bits per heavy atom. The van der Waals surface area contributed by atoms with Crippen molar-refractivity contribution < 1.29 is 4.84 Å². The van der Waals surface area contributed by atoms with E-state index in [0.29, 0.717) is 0 Å². The first-order valence-electron chi connectivity index (χ1n) is 6.37. The summed E-state index contributed by atoms with van der Waals surface area (Å²) in [5.74, 6) is 0. The molecule has 1 aliphatic heterocycles. The zero-order valence-corrected chi connectivity index (χ0v) is 10.8. The highest BCUT2D eigenvalue weighted by Crippen LogP contribution is 2.29. The van der Waals surface area contributed by atoms with Crippen molar-refractivity contribution in [2.45, 2.75) is 19.4 Å². The van der Waals surface area contributed by atoms with Crippen LogP contribution < -0.4 is 5.73 Å². The van der Waals surface area contributed by atoms with E-state index in [1.807, 2.05) is 24.3 Å². The monoisotopic (exact) mass is 252 g/mol. The van der Waals surface area contributed by atoms with Crippen molar-refractivity contribution in [1.82, 2.24) is 0 Å². The van der Waals surface area contributed by atoms with Crippen molar-refractivity contribution in [2.75, 3.05) is 5.73 Å². The Morgan fingerprint density at radius 1 is 1.05 bits per heavy atom. The smallest absolute Gasteiger partial charge is 0.158 e. The number of hydrogen-bond acceptors (Lipinski definition) is 3. The summed E-state index contributed by atoms with van der Waals surface area (Å²) in [6.45, 7) is 2.08. The standard InChI is InChI=1S/C16H16N2O/c1-11-2-4-13(5-3-11)16-10-15(18-19-16)12-6-8-14(17)9-7-12/h2-9,16H,10,17H2,1H3. The molecule has 96 valence electrons. The molecule has 1 aliphatic rings. The van der Waals surface area contributed by atoms with Crippen LogP contribution in [0.1, 0.15) is 29.2 Å². The number of aryl methyl sites for hydroxylation is 1. The van der Waals surface area contributed by atoms with E-state index in [1.54, 1.807) is 0 Å². The van der Waals surface area contributed by atoms with E-state index in [2.05, 4.69) is 36.3 Å². The summed E-state index contributed by atoms with van der Waals surface area (Å²) >= 11 is 0. The molecular formula is C16H16N2O. The van der Waals surface area contributed by atoms with Crippen molar-refractivity contribution >= 4 is 11.4 Å². The third-order valence-corrected chi connectivity index (χ3v) is 3.36. The molecule has 19 heavy (non-hydrogen) atoms. The van der Waals surface area contributed by atoms with Crippen LogP contribution in [0.25, 0.3) is 0 Å². The molecule has 0 radical (unpaired) electrons. The highest BCUT2D eigenvalue weighted by molar-refractivity contribution is 6.01. The van der Waals surface area contributed by atoms with Crippen LogP contribution in [0.3, 0.4) is 0 Å². The Labute approximate surface area is 112 Å². The van der Waals surface area contributed by atoms with Gasteiger partial charge in [0.2, 0.25) is 0 Å². The predicted molar refractivity (Wildman–Crippen MR) is 77.0 cm³/mol. The van der Waals surface area contributed by atoms with Gasteiger partial charge in [-0.15, -0.1) is 0 Å². The third kappa shape index (κ3) is 2.45. The summed E-state index contributed by atoms with van der Waals surface area (Å²) in [6.07, 6.45) is 0.820. The average Bonchev–Trinajstić information content (AvgIpc) is 2.90. The highest BCUT2D eigenvalue weighted by atomic mass is 16.6. The summed E-state index contributed by atoms with van der Waals surface area (Å²) in [5.41, 5.74) is 10.9. The lowest BCUT2D eigenvalue weighted by atomic mass is 9.99. The third-order valence-electron chi connectivity index (χ3n) is 3.36. The summed E-state index contributed by atoms with van der Waals surface area (Å²) in [4.78, 5) is 5.53. The first-order valence-corrected chi connectivity index (χ1v) is 6.37. The van der Waals surface area contributed by atoms with Crippen molar-refractivity contribution in [1.29, 1.82) is 0 Å². The Hall–Kier alpha value is -2.29. The molecule has 1 unspecified atom stereocenters. The fourth-order valence-electron chi connectivity index (χ4n) is 2.18. The molecule has 3 heteroatoms. The van der Waals surface area contributed by atoms with Crippen molar-refractivity contribution in [2.24, 2.45) is 5.16 Å². The number of anilines is 1. The predicted octanol–water partition coefficient (Wildman–Crippen LogP) is 3.44. The zero-order chi connectivity index (χ0) is 13.2. The molecule has 1 atom stereocenters. The molecule has 0 aromatic heterocycles. The first-order chi connectivity index (χ1) is 9.22. The molecule has 1 heterocycles. The number of oxime groups is 1. The van der Waals surface area contributed by atoms with Gasteiger partial charge in [0.1, 0.15) is 0 Å². The molecule has 0 saturated heterocycles. The van der Waals surface area contributed by atoms with E-state index in [1.165, 1.54) is 11.1 Å². The van der Waals surface area contributed by atoms with Crippen LogP contribution in [-0.2, 0) is 4.84 Å². The second-order valence-electron chi connectivity index (χ2n) is 4.87. The van der Waals surface area contributed by atoms with Gasteiger partial charge in [-0.3, -0.25) is 0 Å². The summed E-state index contributed by atoms with van der Waals surface area (Å²) in [5, 5.41) is 4.19. The van der Waals surface area contributed by atoms with Crippen LogP contribution in [0.15, 0.2) is 53.7 Å². The topological polar surface area (TPSA) is 47.6 Å². The number of nitrogen functional groups attached to an aromatic ring is 1. The van der Waals surface area contributed by atoms with Crippen LogP contribution in [0.4, 0.5) is 5.69 Å². The SMILES string of the molecule is Cc1ccc(C2CC(c3ccc(N)cc3)=NO2)cc1. The quantitative estimate of drug-likeness (QED) is 0.832. The molecule has 3 nitrogen and oxygen atoms in total. The summed E-state index contributed by atoms with van der Waals surface area (Å²) in [6, 6.07) is 16.1. The minimum Gasteiger partial charge on any atom is -0.399 e. The molecule has 0 spiro atoms. The number of rotatable bonds is 2. The van der Waals surface area contributed by atoms with E-state index in [9.17, 15) is 0 Å². The first kappa shape index (κ1) is 11.8. The molecule has 0 saturated carbocycles. The van der Waals surface area contributed by atoms with Crippen LogP contribution >= 0.6 is 0 Å². The Balaban J connectivity index is 1.76. The van der Waals surface area contributed by atoms with E-state index in [-0.39, 0.29) is 6.10 Å². The Morgan fingerprint density at radius 2 is 1.74 bits per heavy atom. The van der Waals surface area contributed by atoms with Gasteiger partial charge in [-0.05, 0) is 30.2 Å². The molecule has 2 N–H and O–H groups in total. The van der Waals surface area contributed by atoms with Gasteiger partial charge in [-0.1, -0.05) is 47.1 Å². The molecule has 3 rings (SSSR count). The van der Waals surface area contributed by atoms with Gasteiger partial charge >= 0.3 is 0 Å². The van der Waals surface area contributed by atoms with Crippen LogP contribution in [0.2, 0.25) is 0 Å². The Kier molecular flexibility index (Phi) is 2.95. The fourth-order valence-corrected chi connectivity index (χ4v) is 2.18. The molecule has 0 amide bonds. The number of nitrogens with two attached hydrogens (primary N) is 1. The lowest BCUT2D eigenvalue weighted by Crippen LogP contribution is -2.01. The van der Waals surface area contributed by atoms with Crippen molar-refractivity contribution in [3.05, 3.63) is 65.2 Å². The zero-order valence-electron chi connectivity index (χ0n) is 10.8. The minimum atomic E-state index is 0.0214. The lowest BCUT2D eigenvalue weighted by Gasteiger charge is -2.08. The maximum atomic E-state index is 5.69. The number of nitrogens with zero attached hydrogens (tertiary/aromatic N) is 1.